The maximum absolute atomic E-state index is 10.7. The molecule has 1 aliphatic heterocycles. The molecule has 70 valence electrons. The smallest absolute Gasteiger partial charge is 0.337 e. The van der Waals surface area contributed by atoms with Gasteiger partial charge in [-0.05, 0) is 24.3 Å². The fourth-order valence-electron chi connectivity index (χ4n) is 1.05. The fourth-order valence-corrected chi connectivity index (χ4v) is 1.05. The number of nitrogen functional groups attached to an aromatic ring is 1. The van der Waals surface area contributed by atoms with Gasteiger partial charge in [-0.1, -0.05) is 0 Å². The second kappa shape index (κ2) is 3.33. The Hall–Kier alpha value is -2.10. The van der Waals surface area contributed by atoms with Crippen LogP contribution in [-0.2, 0) is 9.53 Å². The van der Waals surface area contributed by atoms with E-state index < -0.39 is 0 Å². The molecule has 4 heteroatoms. The Labute approximate surface area is 80.7 Å². The molecular weight excluding hydrogens is 180 g/mol. The molecule has 4 nitrogen and oxygen atoms in total. The van der Waals surface area contributed by atoms with E-state index in [9.17, 15) is 4.79 Å². The third-order valence-corrected chi connectivity index (χ3v) is 1.70. The largest absolute Gasteiger partial charge is 0.404 e. The van der Waals surface area contributed by atoms with Gasteiger partial charge in [0, 0.05) is 17.8 Å². The first-order valence-electron chi connectivity index (χ1n) is 4.08. The number of anilines is 1. The van der Waals surface area contributed by atoms with Crippen molar-refractivity contribution in [3.05, 3.63) is 36.4 Å². The number of cyclic esters (lactones) is 1. The molecule has 0 amide bonds. The van der Waals surface area contributed by atoms with Crippen molar-refractivity contribution in [2.75, 3.05) is 5.73 Å². The van der Waals surface area contributed by atoms with Crippen molar-refractivity contribution in [1.82, 2.24) is 0 Å². The zero-order valence-corrected chi connectivity index (χ0v) is 7.31. The van der Waals surface area contributed by atoms with Crippen molar-refractivity contribution in [3.8, 4) is 0 Å². The Bertz CT molecular complexity index is 418. The quantitative estimate of drug-likeness (QED) is 0.535. The van der Waals surface area contributed by atoms with E-state index in [0.29, 0.717) is 17.3 Å². The fraction of sp³-hybridized carbons (Fsp3) is 0. The highest BCUT2D eigenvalue weighted by molar-refractivity contribution is 6.08. The summed E-state index contributed by atoms with van der Waals surface area (Å²) >= 11 is 0. The minimum absolute atomic E-state index is 0.305. The van der Waals surface area contributed by atoms with Gasteiger partial charge in [0.1, 0.15) is 0 Å². The molecule has 0 aliphatic carbocycles. The third kappa shape index (κ3) is 1.80. The Morgan fingerprint density at radius 1 is 1.14 bits per heavy atom. The molecule has 2 rings (SSSR count). The molecule has 0 saturated carbocycles. The van der Waals surface area contributed by atoms with E-state index in [1.165, 1.54) is 12.2 Å². The van der Waals surface area contributed by atoms with E-state index >= 15 is 0 Å². The van der Waals surface area contributed by atoms with Gasteiger partial charge >= 0.3 is 5.97 Å². The molecule has 0 bridgehead atoms. The van der Waals surface area contributed by atoms with Crippen LogP contribution in [0.3, 0.4) is 0 Å². The normalized spacial score (nSPS) is 17.4. The lowest BCUT2D eigenvalue weighted by Gasteiger charge is -1.96. The van der Waals surface area contributed by atoms with Gasteiger partial charge in [0.2, 0.25) is 5.90 Å². The van der Waals surface area contributed by atoms with Crippen molar-refractivity contribution in [3.63, 3.8) is 0 Å². The van der Waals surface area contributed by atoms with Gasteiger partial charge in [-0.15, -0.1) is 0 Å². The second-order valence-corrected chi connectivity index (χ2v) is 2.80. The van der Waals surface area contributed by atoms with Crippen LogP contribution in [0.1, 0.15) is 0 Å². The summed E-state index contributed by atoms with van der Waals surface area (Å²) in [6.45, 7) is 0. The number of aliphatic imine (C=N–C) groups is 1. The second-order valence-electron chi connectivity index (χ2n) is 2.80. The van der Waals surface area contributed by atoms with E-state index in [2.05, 4.69) is 4.99 Å². The molecule has 1 aromatic carbocycles. The average molecular weight is 188 g/mol. The third-order valence-electron chi connectivity index (χ3n) is 1.70. The molecule has 1 heterocycles. The van der Waals surface area contributed by atoms with Crippen LogP contribution in [0.5, 0.6) is 0 Å². The van der Waals surface area contributed by atoms with Crippen molar-refractivity contribution >= 4 is 23.2 Å². The first-order valence-corrected chi connectivity index (χ1v) is 4.08. The van der Waals surface area contributed by atoms with E-state index in [-0.39, 0.29) is 5.97 Å². The molecule has 0 atom stereocenters. The van der Waals surface area contributed by atoms with Crippen molar-refractivity contribution in [1.29, 1.82) is 0 Å². The zero-order chi connectivity index (χ0) is 9.97. The van der Waals surface area contributed by atoms with Crippen LogP contribution in [0.25, 0.3) is 0 Å². The average Bonchev–Trinajstić information content (AvgIpc) is 2.56. The van der Waals surface area contributed by atoms with Gasteiger partial charge in [0.15, 0.2) is 0 Å². The molecule has 0 saturated heterocycles. The first-order chi connectivity index (χ1) is 6.74. The number of nitrogens with two attached hydrogens (primary N) is 1. The Kier molecular flexibility index (Phi) is 2.02. The number of ether oxygens (including phenoxy) is 1. The van der Waals surface area contributed by atoms with Gasteiger partial charge in [-0.2, -0.15) is 0 Å². The number of nitrogens with zero attached hydrogens (tertiary/aromatic N) is 1. The topological polar surface area (TPSA) is 64.7 Å². The SMILES string of the molecule is Nc1ccc(N=C2C=CC(=O)O2)cc1. The van der Waals surface area contributed by atoms with Gasteiger partial charge in [-0.3, -0.25) is 0 Å². The molecule has 0 radical (unpaired) electrons. The number of hydrogen-bond acceptors (Lipinski definition) is 4. The molecule has 1 aromatic rings. The molecule has 0 spiro atoms. The van der Waals surface area contributed by atoms with Crippen LogP contribution >= 0.6 is 0 Å². The van der Waals surface area contributed by atoms with E-state index in [0.717, 1.165) is 0 Å². The molecular formula is C10H8N2O2. The molecule has 14 heavy (non-hydrogen) atoms. The molecule has 2 N–H and O–H groups in total. The summed E-state index contributed by atoms with van der Waals surface area (Å²) in [6.07, 6.45) is 2.86. The van der Waals surface area contributed by atoms with Crippen LogP contribution in [-0.4, -0.2) is 11.9 Å². The summed E-state index contributed by atoms with van der Waals surface area (Å²) in [5, 5.41) is 0. The number of benzene rings is 1. The summed E-state index contributed by atoms with van der Waals surface area (Å²) in [5.41, 5.74) is 6.89. The minimum atomic E-state index is -0.390. The number of carbonyl (C=O) groups is 1. The highest BCUT2D eigenvalue weighted by atomic mass is 16.5. The lowest BCUT2D eigenvalue weighted by Crippen LogP contribution is -1.98. The number of carbonyl (C=O) groups excluding carboxylic acids is 1. The highest BCUT2D eigenvalue weighted by Gasteiger charge is 2.10. The van der Waals surface area contributed by atoms with E-state index in [4.69, 9.17) is 10.5 Å². The lowest BCUT2D eigenvalue weighted by atomic mass is 10.3. The lowest BCUT2D eigenvalue weighted by molar-refractivity contribution is -0.129. The maximum atomic E-state index is 10.7. The van der Waals surface area contributed by atoms with Gasteiger partial charge in [-0.25, -0.2) is 9.79 Å². The predicted octanol–water partition coefficient (Wildman–Crippen LogP) is 1.41. The Morgan fingerprint density at radius 3 is 2.43 bits per heavy atom. The van der Waals surface area contributed by atoms with Crippen LogP contribution < -0.4 is 5.73 Å². The predicted molar refractivity (Wildman–Crippen MR) is 53.2 cm³/mol. The van der Waals surface area contributed by atoms with Crippen LogP contribution in [0.2, 0.25) is 0 Å². The van der Waals surface area contributed by atoms with Crippen molar-refractivity contribution in [2.24, 2.45) is 4.99 Å². The summed E-state index contributed by atoms with van der Waals surface area (Å²) in [4.78, 5) is 14.8. The molecule has 0 unspecified atom stereocenters. The van der Waals surface area contributed by atoms with E-state index in [1.54, 1.807) is 24.3 Å². The Balaban J connectivity index is 2.22. The van der Waals surface area contributed by atoms with Crippen LogP contribution in [0, 0.1) is 0 Å². The molecule has 0 aromatic heterocycles. The van der Waals surface area contributed by atoms with E-state index in [1.807, 2.05) is 0 Å². The summed E-state index contributed by atoms with van der Waals surface area (Å²) in [7, 11) is 0. The zero-order valence-electron chi connectivity index (χ0n) is 7.31. The highest BCUT2D eigenvalue weighted by Crippen LogP contribution is 2.15. The maximum Gasteiger partial charge on any atom is 0.337 e. The number of rotatable bonds is 1. The molecule has 0 fully saturated rings. The monoisotopic (exact) mass is 188 g/mol. The van der Waals surface area contributed by atoms with Crippen LogP contribution in [0.15, 0.2) is 41.4 Å². The van der Waals surface area contributed by atoms with Crippen LogP contribution in [0.4, 0.5) is 11.4 Å². The summed E-state index contributed by atoms with van der Waals surface area (Å²) < 4.78 is 4.76. The van der Waals surface area contributed by atoms with Crippen molar-refractivity contribution < 1.29 is 9.53 Å². The van der Waals surface area contributed by atoms with Gasteiger partial charge in [0.25, 0.3) is 0 Å². The minimum Gasteiger partial charge on any atom is -0.404 e. The first kappa shape index (κ1) is 8.50. The number of hydrogen-bond donors (Lipinski definition) is 1. The summed E-state index contributed by atoms with van der Waals surface area (Å²) in [6, 6.07) is 6.98. The summed E-state index contributed by atoms with van der Waals surface area (Å²) in [5.74, 6) is -0.0843. The van der Waals surface area contributed by atoms with Gasteiger partial charge < -0.3 is 10.5 Å². The standard InChI is InChI=1S/C10H8N2O2/c11-7-1-3-8(4-2-7)12-9-5-6-10(13)14-9/h1-6H,11H2. The Morgan fingerprint density at radius 2 is 1.86 bits per heavy atom. The molecule has 1 aliphatic rings. The van der Waals surface area contributed by atoms with Crippen molar-refractivity contribution in [2.45, 2.75) is 0 Å². The van der Waals surface area contributed by atoms with Gasteiger partial charge in [0.05, 0.1) is 5.69 Å². The number of esters is 1.